The van der Waals surface area contributed by atoms with Crippen LogP contribution in [0, 0.1) is 56.7 Å². The van der Waals surface area contributed by atoms with Gasteiger partial charge < -0.3 is 14.9 Å². The second kappa shape index (κ2) is 7.75. The van der Waals surface area contributed by atoms with Crippen LogP contribution in [0.5, 0.6) is 11.5 Å². The average molecular weight is 374 g/mol. The summed E-state index contributed by atoms with van der Waals surface area (Å²) in [6.45, 7) is 4.68. The van der Waals surface area contributed by atoms with Crippen LogP contribution in [0.2, 0.25) is 0 Å². The maximum Gasteiger partial charge on any atom is 0.189 e. The van der Waals surface area contributed by atoms with Gasteiger partial charge in [0, 0.05) is 11.5 Å². The van der Waals surface area contributed by atoms with Gasteiger partial charge in [-0.3, -0.25) is 0 Å². The summed E-state index contributed by atoms with van der Waals surface area (Å²) in [5.41, 5.74) is -0.319. The van der Waals surface area contributed by atoms with Gasteiger partial charge in [0.15, 0.2) is 5.41 Å². The molecule has 6 heteroatoms. The molecule has 0 unspecified atom stereocenters. The van der Waals surface area contributed by atoms with Gasteiger partial charge in [0.1, 0.15) is 17.4 Å². The van der Waals surface area contributed by atoms with Gasteiger partial charge in [0.05, 0.1) is 37.1 Å². The van der Waals surface area contributed by atoms with Crippen molar-refractivity contribution in [2.24, 2.45) is 17.3 Å². The Kier molecular flexibility index (Phi) is 5.39. The summed E-state index contributed by atoms with van der Waals surface area (Å²) in [5.74, 6) is -0.360. The standard InChI is InChI=1S/C22H22N4O2/c1-3-27-14-8-9-19(28-4-2)17(10-14)20-16-7-5-6-15(16)18(11-23)21(26)22(20,12-24)13-25/h6,8-10,16,18,20,26H,3-5,7H2,1-2H3/t16-,18-,20+/m1/s1. The van der Waals surface area contributed by atoms with Crippen molar-refractivity contribution in [1.29, 1.82) is 21.2 Å². The lowest BCUT2D eigenvalue weighted by atomic mass is 9.55. The fourth-order valence-corrected chi connectivity index (χ4v) is 4.49. The molecule has 1 aromatic carbocycles. The van der Waals surface area contributed by atoms with Crippen molar-refractivity contribution in [3.05, 3.63) is 35.4 Å². The monoisotopic (exact) mass is 374 g/mol. The zero-order valence-electron chi connectivity index (χ0n) is 16.0. The van der Waals surface area contributed by atoms with Gasteiger partial charge in [0.2, 0.25) is 0 Å². The molecule has 0 amide bonds. The molecule has 28 heavy (non-hydrogen) atoms. The Morgan fingerprint density at radius 2 is 1.86 bits per heavy atom. The zero-order valence-corrected chi connectivity index (χ0v) is 16.0. The Labute approximate surface area is 165 Å². The Morgan fingerprint density at radius 3 is 2.46 bits per heavy atom. The number of nitrogens with one attached hydrogen (secondary N) is 1. The first-order valence-electron chi connectivity index (χ1n) is 9.48. The summed E-state index contributed by atoms with van der Waals surface area (Å²) < 4.78 is 11.5. The normalized spacial score (nSPS) is 24.9. The molecule has 3 atom stereocenters. The maximum absolute atomic E-state index is 10.1. The summed E-state index contributed by atoms with van der Waals surface area (Å²) in [4.78, 5) is 0. The highest BCUT2D eigenvalue weighted by Gasteiger charge is 2.58. The molecule has 2 aliphatic carbocycles. The van der Waals surface area contributed by atoms with Gasteiger partial charge in [-0.1, -0.05) is 6.08 Å². The molecule has 0 heterocycles. The lowest BCUT2D eigenvalue weighted by molar-refractivity contribution is 0.303. The van der Waals surface area contributed by atoms with E-state index in [1.807, 2.05) is 26.0 Å². The van der Waals surface area contributed by atoms with Crippen LogP contribution >= 0.6 is 0 Å². The molecule has 1 aromatic rings. The summed E-state index contributed by atoms with van der Waals surface area (Å²) in [5, 5.41) is 38.4. The van der Waals surface area contributed by atoms with Gasteiger partial charge >= 0.3 is 0 Å². The van der Waals surface area contributed by atoms with Crippen LogP contribution in [0.25, 0.3) is 0 Å². The van der Waals surface area contributed by atoms with Crippen molar-refractivity contribution in [3.8, 4) is 29.7 Å². The molecule has 1 saturated carbocycles. The molecular formula is C22H22N4O2. The molecule has 0 aliphatic heterocycles. The third-order valence-electron chi connectivity index (χ3n) is 5.61. The molecule has 6 nitrogen and oxygen atoms in total. The smallest absolute Gasteiger partial charge is 0.189 e. The third-order valence-corrected chi connectivity index (χ3v) is 5.61. The Hall–Kier alpha value is -3.30. The second-order valence-electron chi connectivity index (χ2n) is 6.94. The highest BCUT2D eigenvalue weighted by Crippen LogP contribution is 2.57. The number of rotatable bonds is 5. The number of nitrogens with zero attached hydrogens (tertiary/aromatic N) is 3. The summed E-state index contributed by atoms with van der Waals surface area (Å²) >= 11 is 0. The van der Waals surface area contributed by atoms with Crippen LogP contribution < -0.4 is 9.47 Å². The molecule has 0 radical (unpaired) electrons. The molecule has 2 aliphatic rings. The highest BCUT2D eigenvalue weighted by molar-refractivity contribution is 6.01. The molecule has 1 N–H and O–H groups in total. The molecule has 0 spiro atoms. The average Bonchev–Trinajstić information content (AvgIpc) is 3.18. The quantitative estimate of drug-likeness (QED) is 0.779. The number of ether oxygens (including phenoxy) is 2. The molecule has 0 saturated heterocycles. The zero-order chi connectivity index (χ0) is 20.3. The van der Waals surface area contributed by atoms with Crippen molar-refractivity contribution < 1.29 is 9.47 Å². The Balaban J connectivity index is 2.26. The highest BCUT2D eigenvalue weighted by atomic mass is 16.5. The van der Waals surface area contributed by atoms with E-state index in [0.29, 0.717) is 30.3 Å². The van der Waals surface area contributed by atoms with Crippen molar-refractivity contribution in [2.45, 2.75) is 32.6 Å². The van der Waals surface area contributed by atoms with E-state index >= 15 is 0 Å². The van der Waals surface area contributed by atoms with Crippen LogP contribution in [-0.2, 0) is 0 Å². The number of hydrogen-bond donors (Lipinski definition) is 1. The van der Waals surface area contributed by atoms with Gasteiger partial charge in [0.25, 0.3) is 0 Å². The molecule has 0 aromatic heterocycles. The topological polar surface area (TPSA) is 114 Å². The minimum absolute atomic E-state index is 0.140. The Bertz CT molecular complexity index is 931. The minimum Gasteiger partial charge on any atom is -0.494 e. The van der Waals surface area contributed by atoms with E-state index in [4.69, 9.17) is 14.9 Å². The fraction of sp³-hybridized carbons (Fsp3) is 0.455. The minimum atomic E-state index is -1.72. The molecular weight excluding hydrogens is 352 g/mol. The number of benzene rings is 1. The SMILES string of the molecule is CCOc1ccc(OCC)c([C@@H]2[C@@H]3CCC=C3[C@@H](C#N)C(=N)C2(C#N)C#N)c1. The summed E-state index contributed by atoms with van der Waals surface area (Å²) in [7, 11) is 0. The van der Waals surface area contributed by atoms with Crippen LogP contribution in [0.3, 0.4) is 0 Å². The molecule has 1 fully saturated rings. The van der Waals surface area contributed by atoms with Gasteiger partial charge in [-0.05, 0) is 56.4 Å². The summed E-state index contributed by atoms with van der Waals surface area (Å²) in [6, 6.07) is 11.8. The maximum atomic E-state index is 10.1. The van der Waals surface area contributed by atoms with Crippen LogP contribution in [0.1, 0.15) is 38.2 Å². The van der Waals surface area contributed by atoms with Crippen molar-refractivity contribution >= 4 is 5.71 Å². The van der Waals surface area contributed by atoms with E-state index in [2.05, 4.69) is 18.2 Å². The van der Waals surface area contributed by atoms with E-state index < -0.39 is 17.3 Å². The van der Waals surface area contributed by atoms with Crippen LogP contribution in [0.4, 0.5) is 0 Å². The predicted molar refractivity (Wildman–Crippen MR) is 103 cm³/mol. The van der Waals surface area contributed by atoms with Crippen LogP contribution in [-0.4, -0.2) is 18.9 Å². The first-order valence-corrected chi connectivity index (χ1v) is 9.48. The van der Waals surface area contributed by atoms with Crippen LogP contribution in [0.15, 0.2) is 29.8 Å². The summed E-state index contributed by atoms with van der Waals surface area (Å²) in [6.07, 6.45) is 3.50. The van der Waals surface area contributed by atoms with Gasteiger partial charge in [-0.2, -0.15) is 15.8 Å². The number of hydrogen-bond acceptors (Lipinski definition) is 6. The Morgan fingerprint density at radius 1 is 1.14 bits per heavy atom. The van der Waals surface area contributed by atoms with E-state index in [1.54, 1.807) is 12.1 Å². The molecule has 3 rings (SSSR count). The van der Waals surface area contributed by atoms with Gasteiger partial charge in [-0.25, -0.2) is 0 Å². The van der Waals surface area contributed by atoms with Gasteiger partial charge in [-0.15, -0.1) is 0 Å². The van der Waals surface area contributed by atoms with E-state index in [9.17, 15) is 15.8 Å². The molecule has 0 bridgehead atoms. The predicted octanol–water partition coefficient (Wildman–Crippen LogP) is 4.11. The van der Waals surface area contributed by atoms with E-state index in [0.717, 1.165) is 18.4 Å². The lowest BCUT2D eigenvalue weighted by Crippen LogP contribution is -2.47. The van der Waals surface area contributed by atoms with Crippen molar-refractivity contribution in [1.82, 2.24) is 0 Å². The first kappa shape index (κ1) is 19.5. The van der Waals surface area contributed by atoms with E-state index in [-0.39, 0.29) is 11.6 Å². The second-order valence-corrected chi connectivity index (χ2v) is 6.94. The number of allylic oxidation sites excluding steroid dienone is 2. The van der Waals surface area contributed by atoms with Crippen molar-refractivity contribution in [2.75, 3.05) is 13.2 Å². The molecule has 142 valence electrons. The number of fused-ring (bicyclic) bond motifs is 1. The fourth-order valence-electron chi connectivity index (χ4n) is 4.49. The number of nitriles is 3. The first-order chi connectivity index (χ1) is 13.6. The largest absolute Gasteiger partial charge is 0.494 e. The van der Waals surface area contributed by atoms with E-state index in [1.165, 1.54) is 0 Å². The van der Waals surface area contributed by atoms with Crippen molar-refractivity contribution in [3.63, 3.8) is 0 Å². The lowest BCUT2D eigenvalue weighted by Gasteiger charge is -2.43. The third kappa shape index (κ3) is 2.81.